The molecule has 1 fully saturated rings. The summed E-state index contributed by atoms with van der Waals surface area (Å²) in [7, 11) is -3.15. The number of benzene rings is 1. The van der Waals surface area contributed by atoms with Crippen molar-refractivity contribution in [2.24, 2.45) is 0 Å². The third kappa shape index (κ3) is 5.86. The average Bonchev–Trinajstić information content (AvgIpc) is 2.68. The van der Waals surface area contributed by atoms with Crippen LogP contribution in [0.25, 0.3) is 0 Å². The van der Waals surface area contributed by atoms with Crippen molar-refractivity contribution in [1.82, 2.24) is 9.88 Å². The number of hydrogen-bond acceptors (Lipinski definition) is 6. The Balaban J connectivity index is 1.94. The molecule has 1 saturated heterocycles. The highest BCUT2D eigenvalue weighted by Gasteiger charge is 2.51. The van der Waals surface area contributed by atoms with Gasteiger partial charge in [0.1, 0.15) is 15.5 Å². The lowest BCUT2D eigenvalue weighted by Gasteiger charge is -2.50. The van der Waals surface area contributed by atoms with Gasteiger partial charge in [0.15, 0.2) is 0 Å². The van der Waals surface area contributed by atoms with Gasteiger partial charge in [-0.2, -0.15) is 8.78 Å². The van der Waals surface area contributed by atoms with Crippen LogP contribution in [-0.4, -0.2) is 62.5 Å². The number of hydrogen-bond donors (Lipinski definition) is 1. The molecule has 0 bridgehead atoms. The number of aromatic nitrogens is 1. The third-order valence-corrected chi connectivity index (χ3v) is 6.67. The average molecular weight is 482 g/mol. The third-order valence-electron chi connectivity index (χ3n) is 5.75. The van der Waals surface area contributed by atoms with Gasteiger partial charge in [0.2, 0.25) is 11.8 Å². The topological polar surface area (TPSA) is 88.6 Å². The fourth-order valence-corrected chi connectivity index (χ4v) is 4.68. The number of ether oxygens (including phenoxy) is 1. The van der Waals surface area contributed by atoms with E-state index >= 15 is 0 Å². The Morgan fingerprint density at radius 1 is 1.21 bits per heavy atom. The van der Waals surface area contributed by atoms with E-state index in [-0.39, 0.29) is 29.1 Å². The van der Waals surface area contributed by atoms with Gasteiger partial charge in [0.25, 0.3) is 0 Å². The van der Waals surface area contributed by atoms with Crippen LogP contribution in [0, 0.1) is 6.92 Å². The molecule has 1 N–H and O–H groups in total. The van der Waals surface area contributed by atoms with Gasteiger partial charge < -0.3 is 10.1 Å². The van der Waals surface area contributed by atoms with Crippen LogP contribution in [-0.2, 0) is 20.0 Å². The maximum Gasteiger partial charge on any atom is 0.388 e. The molecule has 1 aromatic heterocycles. The van der Waals surface area contributed by atoms with Crippen molar-refractivity contribution in [2.75, 3.05) is 37.0 Å². The Morgan fingerprint density at radius 3 is 2.48 bits per heavy atom. The Kier molecular flexibility index (Phi) is 7.38. The van der Waals surface area contributed by atoms with Crippen LogP contribution in [0.5, 0.6) is 5.88 Å². The zero-order chi connectivity index (χ0) is 24.4. The zero-order valence-electron chi connectivity index (χ0n) is 19.1. The minimum Gasteiger partial charge on any atom is -0.415 e. The van der Waals surface area contributed by atoms with Crippen molar-refractivity contribution in [3.8, 4) is 5.88 Å². The lowest BCUT2D eigenvalue weighted by Crippen LogP contribution is -2.65. The number of alkyl halides is 2. The number of rotatable bonds is 9. The summed E-state index contributed by atoms with van der Waals surface area (Å²) in [5.74, 6) is -0.588. The first-order valence-corrected chi connectivity index (χ1v) is 12.7. The smallest absolute Gasteiger partial charge is 0.388 e. The first-order chi connectivity index (χ1) is 15.4. The molecule has 1 amide bonds. The van der Waals surface area contributed by atoms with E-state index in [1.807, 2.05) is 43.0 Å². The molecule has 0 saturated carbocycles. The quantitative estimate of drug-likeness (QED) is 0.591. The number of amides is 1. The van der Waals surface area contributed by atoms with E-state index in [1.54, 1.807) is 13.0 Å². The number of carbonyl (C=O) groups excluding carboxylic acids is 1. The molecule has 1 aliphatic heterocycles. The van der Waals surface area contributed by atoms with E-state index < -0.39 is 21.9 Å². The molecule has 1 aliphatic rings. The van der Waals surface area contributed by atoms with Gasteiger partial charge in [-0.25, -0.2) is 13.4 Å². The van der Waals surface area contributed by atoms with Crippen LogP contribution in [0.15, 0.2) is 36.4 Å². The van der Waals surface area contributed by atoms with Crippen LogP contribution in [0.2, 0.25) is 0 Å². The van der Waals surface area contributed by atoms with Crippen molar-refractivity contribution in [1.29, 1.82) is 0 Å². The van der Waals surface area contributed by atoms with Crippen LogP contribution < -0.4 is 10.1 Å². The molecule has 2 heterocycles. The van der Waals surface area contributed by atoms with Crippen LogP contribution in [0.4, 0.5) is 14.5 Å². The molecule has 10 heteroatoms. The second kappa shape index (κ2) is 9.72. The number of halogens is 2. The van der Waals surface area contributed by atoms with Gasteiger partial charge in [0, 0.05) is 31.6 Å². The normalized spacial score (nSPS) is 16.0. The van der Waals surface area contributed by atoms with Crippen LogP contribution in [0.1, 0.15) is 36.6 Å². The van der Waals surface area contributed by atoms with E-state index in [0.29, 0.717) is 25.3 Å². The Morgan fingerprint density at radius 2 is 1.88 bits per heavy atom. The maximum atomic E-state index is 13.6. The summed E-state index contributed by atoms with van der Waals surface area (Å²) in [6.07, 6.45) is 1.18. The molecule has 0 aliphatic carbocycles. The van der Waals surface area contributed by atoms with Gasteiger partial charge in [-0.05, 0) is 36.1 Å². The van der Waals surface area contributed by atoms with Crippen molar-refractivity contribution < 1.29 is 26.7 Å². The lowest BCUT2D eigenvalue weighted by molar-refractivity contribution is -0.128. The number of nitrogens with zero attached hydrogens (tertiary/aromatic N) is 2. The predicted octanol–water partition coefficient (Wildman–Crippen LogP) is 3.35. The maximum absolute atomic E-state index is 13.6. The van der Waals surface area contributed by atoms with Gasteiger partial charge in [-0.3, -0.25) is 9.69 Å². The SMILES string of the molecule is Cc1ccc(NC(=O)C2(c3ccccc3C(C)C)CN(CCS(C)(=O)=O)C2)c(OC(F)F)n1. The first kappa shape index (κ1) is 25.0. The number of carbonyl (C=O) groups is 1. The Labute approximate surface area is 193 Å². The molecule has 0 atom stereocenters. The molecule has 7 nitrogen and oxygen atoms in total. The molecule has 33 heavy (non-hydrogen) atoms. The Bertz CT molecular complexity index is 1120. The highest BCUT2D eigenvalue weighted by Crippen LogP contribution is 2.40. The van der Waals surface area contributed by atoms with Gasteiger partial charge in [0.05, 0.1) is 11.2 Å². The van der Waals surface area contributed by atoms with Crippen molar-refractivity contribution in [2.45, 2.75) is 38.7 Å². The number of sulfone groups is 1. The van der Waals surface area contributed by atoms with E-state index in [2.05, 4.69) is 15.0 Å². The van der Waals surface area contributed by atoms with E-state index in [4.69, 9.17) is 0 Å². The fraction of sp³-hybridized carbons (Fsp3) is 0.478. The van der Waals surface area contributed by atoms with Crippen molar-refractivity contribution in [3.63, 3.8) is 0 Å². The summed E-state index contributed by atoms with van der Waals surface area (Å²) in [6, 6.07) is 10.7. The van der Waals surface area contributed by atoms with Gasteiger partial charge in [-0.1, -0.05) is 38.1 Å². The van der Waals surface area contributed by atoms with E-state index in [0.717, 1.165) is 11.1 Å². The molecule has 0 unspecified atom stereocenters. The van der Waals surface area contributed by atoms with Crippen molar-refractivity contribution in [3.05, 3.63) is 53.2 Å². The molecule has 0 spiro atoms. The van der Waals surface area contributed by atoms with Crippen LogP contribution in [0.3, 0.4) is 0 Å². The fourth-order valence-electron chi connectivity index (χ4n) is 4.09. The number of pyridine rings is 1. The summed E-state index contributed by atoms with van der Waals surface area (Å²) in [5.41, 5.74) is 1.40. The number of aryl methyl sites for hydroxylation is 1. The monoisotopic (exact) mass is 481 g/mol. The molecular weight excluding hydrogens is 452 g/mol. The standard InChI is InChI=1S/C23H29F2N3O4S/c1-15(2)17-7-5-6-8-18(17)23(13-28(14-23)11-12-33(4,30)31)21(29)27-19-10-9-16(3)26-20(19)32-22(24)25/h5-10,15,22H,11-14H2,1-4H3,(H,27,29). The molecule has 1 aromatic carbocycles. The van der Waals surface area contributed by atoms with Gasteiger partial charge in [-0.15, -0.1) is 0 Å². The van der Waals surface area contributed by atoms with E-state index in [1.165, 1.54) is 12.3 Å². The second-order valence-electron chi connectivity index (χ2n) is 8.80. The largest absolute Gasteiger partial charge is 0.415 e. The minimum atomic E-state index is -3.15. The zero-order valence-corrected chi connectivity index (χ0v) is 20.0. The molecule has 2 aromatic rings. The number of likely N-dealkylation sites (tertiary alicyclic amines) is 1. The summed E-state index contributed by atoms with van der Waals surface area (Å²) < 4.78 is 53.5. The minimum absolute atomic E-state index is 0.00914. The highest BCUT2D eigenvalue weighted by atomic mass is 32.2. The predicted molar refractivity (Wildman–Crippen MR) is 123 cm³/mol. The van der Waals surface area contributed by atoms with Gasteiger partial charge >= 0.3 is 6.61 Å². The van der Waals surface area contributed by atoms with Crippen LogP contribution >= 0.6 is 0 Å². The molecular formula is C23H29F2N3O4S. The highest BCUT2D eigenvalue weighted by molar-refractivity contribution is 7.90. The number of nitrogens with one attached hydrogen (secondary N) is 1. The Hall–Kier alpha value is -2.59. The first-order valence-electron chi connectivity index (χ1n) is 10.6. The lowest BCUT2D eigenvalue weighted by atomic mass is 9.69. The second-order valence-corrected chi connectivity index (χ2v) is 11.1. The molecule has 180 valence electrons. The summed E-state index contributed by atoms with van der Waals surface area (Å²) in [4.78, 5) is 19.5. The summed E-state index contributed by atoms with van der Waals surface area (Å²) >= 11 is 0. The summed E-state index contributed by atoms with van der Waals surface area (Å²) in [5, 5.41) is 2.74. The number of anilines is 1. The molecule has 3 rings (SSSR count). The van der Waals surface area contributed by atoms with E-state index in [9.17, 15) is 22.0 Å². The summed E-state index contributed by atoms with van der Waals surface area (Å²) in [6.45, 7) is 3.54. The van der Waals surface area contributed by atoms with Crippen molar-refractivity contribution >= 4 is 21.4 Å². The molecule has 0 radical (unpaired) electrons.